The molecule has 6 heteroatoms. The van der Waals surface area contributed by atoms with Crippen LogP contribution in [-0.2, 0) is 4.79 Å². The van der Waals surface area contributed by atoms with E-state index in [-0.39, 0.29) is 11.4 Å². The zero-order valence-corrected chi connectivity index (χ0v) is 9.06. The molecule has 0 aromatic heterocycles. The predicted molar refractivity (Wildman–Crippen MR) is 60.1 cm³/mol. The number of benzene rings is 1. The monoisotopic (exact) mass is 223 g/mol. The molecule has 0 aliphatic rings. The predicted octanol–water partition coefficient (Wildman–Crippen LogP) is 1.19. The third kappa shape index (κ3) is 2.77. The van der Waals surface area contributed by atoms with Crippen molar-refractivity contribution < 1.29 is 9.72 Å². The molecule has 16 heavy (non-hydrogen) atoms. The second-order valence-corrected chi connectivity index (χ2v) is 3.56. The Hall–Kier alpha value is -1.95. The van der Waals surface area contributed by atoms with Crippen LogP contribution in [0.2, 0.25) is 0 Å². The van der Waals surface area contributed by atoms with Crippen molar-refractivity contribution in [2.24, 2.45) is 5.73 Å². The molecule has 1 rings (SSSR count). The number of nitro benzene ring substituents is 1. The van der Waals surface area contributed by atoms with Gasteiger partial charge in [-0.15, -0.1) is 0 Å². The highest BCUT2D eigenvalue weighted by Crippen LogP contribution is 2.25. The number of anilines is 1. The van der Waals surface area contributed by atoms with Crippen LogP contribution in [0, 0.1) is 17.0 Å². The third-order valence-electron chi connectivity index (χ3n) is 2.02. The Morgan fingerprint density at radius 2 is 2.19 bits per heavy atom. The molecular weight excluding hydrogens is 210 g/mol. The van der Waals surface area contributed by atoms with Crippen molar-refractivity contribution in [1.29, 1.82) is 0 Å². The molecule has 1 aromatic rings. The lowest BCUT2D eigenvalue weighted by atomic mass is 10.2. The lowest BCUT2D eigenvalue weighted by Gasteiger charge is -2.08. The maximum Gasteiger partial charge on any atom is 0.293 e. The van der Waals surface area contributed by atoms with Gasteiger partial charge in [0, 0.05) is 6.07 Å². The summed E-state index contributed by atoms with van der Waals surface area (Å²) < 4.78 is 0. The summed E-state index contributed by atoms with van der Waals surface area (Å²) in [7, 11) is 0. The van der Waals surface area contributed by atoms with E-state index in [2.05, 4.69) is 5.32 Å². The van der Waals surface area contributed by atoms with Crippen molar-refractivity contribution in [3.63, 3.8) is 0 Å². The first-order valence-electron chi connectivity index (χ1n) is 4.73. The van der Waals surface area contributed by atoms with Gasteiger partial charge in [0.05, 0.1) is 11.0 Å². The van der Waals surface area contributed by atoms with Crippen molar-refractivity contribution in [3.8, 4) is 0 Å². The van der Waals surface area contributed by atoms with Crippen molar-refractivity contribution in [1.82, 2.24) is 0 Å². The summed E-state index contributed by atoms with van der Waals surface area (Å²) in [6, 6.07) is 3.87. The highest BCUT2D eigenvalue weighted by Gasteiger charge is 2.17. The molecule has 0 aliphatic heterocycles. The molecule has 6 nitrogen and oxygen atoms in total. The van der Waals surface area contributed by atoms with Gasteiger partial charge in [0.1, 0.15) is 5.69 Å². The first-order chi connectivity index (χ1) is 7.41. The maximum absolute atomic E-state index is 11.3. The Morgan fingerprint density at radius 3 is 2.69 bits per heavy atom. The second-order valence-electron chi connectivity index (χ2n) is 3.56. The van der Waals surface area contributed by atoms with Gasteiger partial charge in [-0.05, 0) is 25.5 Å². The Kier molecular flexibility index (Phi) is 3.57. The Bertz CT molecular complexity index is 429. The van der Waals surface area contributed by atoms with E-state index in [1.807, 2.05) is 0 Å². The number of aryl methyl sites for hydroxylation is 1. The normalized spacial score (nSPS) is 11.9. The lowest BCUT2D eigenvalue weighted by Crippen LogP contribution is -2.32. The first kappa shape index (κ1) is 12.1. The van der Waals surface area contributed by atoms with Crippen LogP contribution in [0.5, 0.6) is 0 Å². The summed E-state index contributed by atoms with van der Waals surface area (Å²) in [5, 5.41) is 13.2. The summed E-state index contributed by atoms with van der Waals surface area (Å²) in [6.07, 6.45) is 0. The van der Waals surface area contributed by atoms with Gasteiger partial charge in [-0.2, -0.15) is 0 Å². The van der Waals surface area contributed by atoms with Crippen molar-refractivity contribution >= 4 is 17.3 Å². The summed E-state index contributed by atoms with van der Waals surface area (Å²) in [6.45, 7) is 3.25. The first-order valence-corrected chi connectivity index (χ1v) is 4.73. The third-order valence-corrected chi connectivity index (χ3v) is 2.02. The number of hydrogen-bond donors (Lipinski definition) is 2. The van der Waals surface area contributed by atoms with Gasteiger partial charge in [-0.25, -0.2) is 0 Å². The quantitative estimate of drug-likeness (QED) is 0.593. The Morgan fingerprint density at radius 1 is 1.56 bits per heavy atom. The number of nitro groups is 1. The Labute approximate surface area is 92.6 Å². The van der Waals surface area contributed by atoms with Crippen LogP contribution < -0.4 is 11.1 Å². The van der Waals surface area contributed by atoms with E-state index < -0.39 is 16.9 Å². The van der Waals surface area contributed by atoms with E-state index in [1.165, 1.54) is 19.1 Å². The number of rotatable bonds is 3. The summed E-state index contributed by atoms with van der Waals surface area (Å²) in [5.41, 5.74) is 6.15. The molecule has 0 radical (unpaired) electrons. The molecule has 0 bridgehead atoms. The molecule has 0 aliphatic carbocycles. The number of amides is 1. The van der Waals surface area contributed by atoms with Crippen molar-refractivity contribution in [3.05, 3.63) is 33.9 Å². The van der Waals surface area contributed by atoms with E-state index in [4.69, 9.17) is 5.73 Å². The number of nitrogens with zero attached hydrogens (tertiary/aromatic N) is 1. The summed E-state index contributed by atoms with van der Waals surface area (Å²) in [4.78, 5) is 21.5. The van der Waals surface area contributed by atoms with Crippen LogP contribution in [0.25, 0.3) is 0 Å². The van der Waals surface area contributed by atoms with Gasteiger partial charge >= 0.3 is 0 Å². The van der Waals surface area contributed by atoms with Crippen molar-refractivity contribution in [2.75, 3.05) is 5.32 Å². The van der Waals surface area contributed by atoms with Gasteiger partial charge in [0.25, 0.3) is 5.69 Å². The molecule has 0 saturated heterocycles. The summed E-state index contributed by atoms with van der Waals surface area (Å²) >= 11 is 0. The average molecular weight is 223 g/mol. The minimum atomic E-state index is -0.707. The highest BCUT2D eigenvalue weighted by molar-refractivity contribution is 5.96. The highest BCUT2D eigenvalue weighted by atomic mass is 16.6. The van der Waals surface area contributed by atoms with Gasteiger partial charge in [-0.3, -0.25) is 14.9 Å². The minimum absolute atomic E-state index is 0.131. The van der Waals surface area contributed by atoms with Gasteiger partial charge in [-0.1, -0.05) is 6.07 Å². The van der Waals surface area contributed by atoms with Gasteiger partial charge < -0.3 is 11.1 Å². The van der Waals surface area contributed by atoms with E-state index in [0.717, 1.165) is 5.56 Å². The van der Waals surface area contributed by atoms with E-state index >= 15 is 0 Å². The maximum atomic E-state index is 11.3. The van der Waals surface area contributed by atoms with Crippen LogP contribution in [0.4, 0.5) is 11.4 Å². The number of nitrogens with two attached hydrogens (primary N) is 1. The van der Waals surface area contributed by atoms with Gasteiger partial charge in [0.15, 0.2) is 0 Å². The summed E-state index contributed by atoms with van der Waals surface area (Å²) in [5.74, 6) is -0.452. The molecule has 1 aromatic carbocycles. The average Bonchev–Trinajstić information content (AvgIpc) is 2.20. The molecular formula is C10H13N3O3. The topological polar surface area (TPSA) is 98.3 Å². The smallest absolute Gasteiger partial charge is 0.293 e. The lowest BCUT2D eigenvalue weighted by molar-refractivity contribution is -0.384. The number of hydrogen-bond acceptors (Lipinski definition) is 4. The zero-order chi connectivity index (χ0) is 12.3. The molecule has 1 unspecified atom stereocenters. The Balaban J connectivity index is 3.04. The van der Waals surface area contributed by atoms with Crippen LogP contribution in [0.15, 0.2) is 18.2 Å². The van der Waals surface area contributed by atoms with E-state index in [9.17, 15) is 14.9 Å². The fourth-order valence-corrected chi connectivity index (χ4v) is 1.14. The molecule has 0 fully saturated rings. The standard InChI is InChI=1S/C10H13N3O3/c1-6-3-4-8(9(5-6)13(15)16)12-10(14)7(2)11/h3-5,7H,11H2,1-2H3,(H,12,14). The van der Waals surface area contributed by atoms with Crippen LogP contribution in [0.3, 0.4) is 0 Å². The molecule has 0 spiro atoms. The molecule has 0 heterocycles. The second kappa shape index (κ2) is 4.71. The SMILES string of the molecule is Cc1ccc(NC(=O)C(C)N)c([N+](=O)[O-])c1. The zero-order valence-electron chi connectivity index (χ0n) is 9.06. The molecule has 1 atom stereocenters. The van der Waals surface area contributed by atoms with Gasteiger partial charge in [0.2, 0.25) is 5.91 Å². The number of carbonyl (C=O) groups excluding carboxylic acids is 1. The largest absolute Gasteiger partial charge is 0.320 e. The van der Waals surface area contributed by atoms with E-state index in [1.54, 1.807) is 13.0 Å². The molecule has 0 saturated carbocycles. The molecule has 86 valence electrons. The molecule has 3 N–H and O–H groups in total. The van der Waals surface area contributed by atoms with E-state index in [0.29, 0.717) is 0 Å². The fourth-order valence-electron chi connectivity index (χ4n) is 1.14. The fraction of sp³-hybridized carbons (Fsp3) is 0.300. The molecule has 1 amide bonds. The minimum Gasteiger partial charge on any atom is -0.320 e. The van der Waals surface area contributed by atoms with Crippen LogP contribution >= 0.6 is 0 Å². The number of nitrogens with one attached hydrogen (secondary N) is 1. The number of carbonyl (C=O) groups is 1. The van der Waals surface area contributed by atoms with Crippen LogP contribution in [-0.4, -0.2) is 16.9 Å². The van der Waals surface area contributed by atoms with Crippen LogP contribution in [0.1, 0.15) is 12.5 Å². The van der Waals surface area contributed by atoms with Crippen molar-refractivity contribution in [2.45, 2.75) is 19.9 Å².